The molecule has 13 heavy (non-hydrogen) atoms. The molecule has 0 aliphatic heterocycles. The zero-order chi connectivity index (χ0) is 10.9. The second-order valence-corrected chi connectivity index (χ2v) is 2.62. The fourth-order valence-corrected chi connectivity index (χ4v) is 0.615. The highest BCUT2D eigenvalue weighted by Crippen LogP contribution is 1.89. The number of rotatable bonds is 4. The molecule has 0 saturated carbocycles. The van der Waals surface area contributed by atoms with Crippen LogP contribution in [0.1, 0.15) is 40.5 Å². The molecule has 0 atom stereocenters. The fourth-order valence-electron chi connectivity index (χ4n) is 0.615. The molecule has 1 amide bonds. The Hall–Kier alpha value is -1.06. The predicted molar refractivity (Wildman–Crippen MR) is 51.5 cm³/mol. The SMILES string of the molecule is CC.CC(C)NC(=O)CCC(=O)O. The third-order valence-corrected chi connectivity index (χ3v) is 1.02. The van der Waals surface area contributed by atoms with Crippen molar-refractivity contribution in [3.63, 3.8) is 0 Å². The quantitative estimate of drug-likeness (QED) is 0.702. The van der Waals surface area contributed by atoms with Crippen molar-refractivity contribution in [1.29, 1.82) is 0 Å². The smallest absolute Gasteiger partial charge is 0.303 e. The Morgan fingerprint density at radius 1 is 1.23 bits per heavy atom. The third-order valence-electron chi connectivity index (χ3n) is 1.02. The molecule has 0 rings (SSSR count). The lowest BCUT2D eigenvalue weighted by molar-refractivity contribution is -0.138. The number of carbonyl (C=O) groups is 2. The summed E-state index contributed by atoms with van der Waals surface area (Å²) in [7, 11) is 0. The van der Waals surface area contributed by atoms with Gasteiger partial charge in [-0.3, -0.25) is 9.59 Å². The molecule has 0 aliphatic rings. The molecule has 0 aromatic carbocycles. The van der Waals surface area contributed by atoms with E-state index in [2.05, 4.69) is 5.32 Å². The van der Waals surface area contributed by atoms with Crippen molar-refractivity contribution in [3.05, 3.63) is 0 Å². The molecule has 0 aromatic heterocycles. The third kappa shape index (κ3) is 13.9. The second kappa shape index (κ2) is 9.03. The van der Waals surface area contributed by atoms with Crippen LogP contribution in [0.2, 0.25) is 0 Å². The van der Waals surface area contributed by atoms with E-state index in [-0.39, 0.29) is 24.8 Å². The lowest BCUT2D eigenvalue weighted by Gasteiger charge is -2.06. The molecule has 0 aliphatic carbocycles. The Morgan fingerprint density at radius 2 is 1.69 bits per heavy atom. The monoisotopic (exact) mass is 189 g/mol. The lowest BCUT2D eigenvalue weighted by atomic mass is 10.3. The Kier molecular flexibility index (Phi) is 10.0. The average Bonchev–Trinajstić information content (AvgIpc) is 2.03. The largest absolute Gasteiger partial charge is 0.481 e. The summed E-state index contributed by atoms with van der Waals surface area (Å²) >= 11 is 0. The number of carbonyl (C=O) groups excluding carboxylic acids is 1. The Bertz CT molecular complexity index is 155. The molecule has 0 saturated heterocycles. The topological polar surface area (TPSA) is 66.4 Å². The van der Waals surface area contributed by atoms with Crippen molar-refractivity contribution in [3.8, 4) is 0 Å². The highest BCUT2D eigenvalue weighted by Gasteiger charge is 2.05. The maximum absolute atomic E-state index is 10.8. The van der Waals surface area contributed by atoms with Gasteiger partial charge in [-0.05, 0) is 13.8 Å². The van der Waals surface area contributed by atoms with Crippen LogP contribution in [0.5, 0.6) is 0 Å². The first-order chi connectivity index (χ1) is 6.02. The van der Waals surface area contributed by atoms with Gasteiger partial charge in [-0.25, -0.2) is 0 Å². The Balaban J connectivity index is 0. The predicted octanol–water partition coefficient (Wildman–Crippen LogP) is 1.40. The minimum absolute atomic E-state index is 0.0630. The normalized spacial score (nSPS) is 8.69. The van der Waals surface area contributed by atoms with Crippen LogP contribution in [-0.2, 0) is 9.59 Å². The molecule has 4 heteroatoms. The molecule has 4 nitrogen and oxygen atoms in total. The van der Waals surface area contributed by atoms with Crippen molar-refractivity contribution in [2.75, 3.05) is 0 Å². The van der Waals surface area contributed by atoms with Crippen LogP contribution in [0.4, 0.5) is 0 Å². The zero-order valence-corrected chi connectivity index (χ0v) is 8.76. The number of hydrogen-bond acceptors (Lipinski definition) is 2. The van der Waals surface area contributed by atoms with Gasteiger partial charge in [-0.15, -0.1) is 0 Å². The van der Waals surface area contributed by atoms with Gasteiger partial charge in [0.2, 0.25) is 5.91 Å². The maximum atomic E-state index is 10.8. The number of amides is 1. The van der Waals surface area contributed by atoms with Gasteiger partial charge in [-0.2, -0.15) is 0 Å². The van der Waals surface area contributed by atoms with Crippen LogP contribution in [0.15, 0.2) is 0 Å². The molecule has 0 spiro atoms. The average molecular weight is 189 g/mol. The van der Waals surface area contributed by atoms with Crippen LogP contribution < -0.4 is 5.32 Å². The summed E-state index contributed by atoms with van der Waals surface area (Å²) in [5, 5.41) is 10.8. The molecular formula is C9H19NO3. The summed E-state index contributed by atoms with van der Waals surface area (Å²) in [6, 6.07) is 0.0799. The van der Waals surface area contributed by atoms with Gasteiger partial charge < -0.3 is 10.4 Å². The van der Waals surface area contributed by atoms with Crippen molar-refractivity contribution in [2.24, 2.45) is 0 Å². The molecule has 2 N–H and O–H groups in total. The standard InChI is InChI=1S/C7H13NO3.C2H6/c1-5(2)8-6(9)3-4-7(10)11;1-2/h5H,3-4H2,1-2H3,(H,8,9)(H,10,11);1-2H3. The van der Waals surface area contributed by atoms with E-state index in [9.17, 15) is 9.59 Å². The lowest BCUT2D eigenvalue weighted by Crippen LogP contribution is -2.30. The van der Waals surface area contributed by atoms with Crippen molar-refractivity contribution in [2.45, 2.75) is 46.6 Å². The molecule has 0 fully saturated rings. The van der Waals surface area contributed by atoms with E-state index in [1.54, 1.807) is 0 Å². The summed E-state index contributed by atoms with van der Waals surface area (Å²) in [4.78, 5) is 20.8. The number of hydrogen-bond donors (Lipinski definition) is 2. The number of nitrogens with one attached hydrogen (secondary N) is 1. The van der Waals surface area contributed by atoms with E-state index in [0.717, 1.165) is 0 Å². The molecule has 0 heterocycles. The van der Waals surface area contributed by atoms with E-state index >= 15 is 0 Å². The first-order valence-electron chi connectivity index (χ1n) is 4.53. The maximum Gasteiger partial charge on any atom is 0.303 e. The van der Waals surface area contributed by atoms with E-state index < -0.39 is 5.97 Å². The van der Waals surface area contributed by atoms with Crippen LogP contribution in [0.25, 0.3) is 0 Å². The van der Waals surface area contributed by atoms with E-state index in [4.69, 9.17) is 5.11 Å². The summed E-state index contributed by atoms with van der Waals surface area (Å²) < 4.78 is 0. The highest BCUT2D eigenvalue weighted by atomic mass is 16.4. The van der Waals surface area contributed by atoms with Crippen LogP contribution in [0.3, 0.4) is 0 Å². The van der Waals surface area contributed by atoms with Gasteiger partial charge in [0.1, 0.15) is 0 Å². The van der Waals surface area contributed by atoms with Crippen molar-refractivity contribution < 1.29 is 14.7 Å². The molecule has 0 unspecified atom stereocenters. The summed E-state index contributed by atoms with van der Waals surface area (Å²) in [6.07, 6.45) is -0.0356. The van der Waals surface area contributed by atoms with E-state index in [1.807, 2.05) is 27.7 Å². The summed E-state index contributed by atoms with van der Waals surface area (Å²) in [5.74, 6) is -1.15. The molecule has 78 valence electrons. The van der Waals surface area contributed by atoms with Crippen LogP contribution >= 0.6 is 0 Å². The summed E-state index contributed by atoms with van der Waals surface area (Å²) in [5.41, 5.74) is 0. The first-order valence-corrected chi connectivity index (χ1v) is 4.53. The fraction of sp³-hybridized carbons (Fsp3) is 0.778. The minimum atomic E-state index is -0.941. The van der Waals surface area contributed by atoms with Crippen molar-refractivity contribution >= 4 is 11.9 Å². The minimum Gasteiger partial charge on any atom is -0.481 e. The van der Waals surface area contributed by atoms with Gasteiger partial charge in [0.15, 0.2) is 0 Å². The molecule has 0 aromatic rings. The number of carboxylic acids is 1. The van der Waals surface area contributed by atoms with E-state index in [1.165, 1.54) is 0 Å². The molecular weight excluding hydrogens is 170 g/mol. The van der Waals surface area contributed by atoms with Gasteiger partial charge in [0.05, 0.1) is 6.42 Å². The summed E-state index contributed by atoms with van der Waals surface area (Å²) in [6.45, 7) is 7.66. The number of aliphatic carboxylic acids is 1. The molecule has 0 bridgehead atoms. The Labute approximate surface area is 79.3 Å². The van der Waals surface area contributed by atoms with Crippen LogP contribution in [0, 0.1) is 0 Å². The van der Waals surface area contributed by atoms with Gasteiger partial charge >= 0.3 is 5.97 Å². The van der Waals surface area contributed by atoms with E-state index in [0.29, 0.717) is 0 Å². The Morgan fingerprint density at radius 3 is 2.00 bits per heavy atom. The van der Waals surface area contributed by atoms with Gasteiger partial charge in [0.25, 0.3) is 0 Å². The zero-order valence-electron chi connectivity index (χ0n) is 8.76. The van der Waals surface area contributed by atoms with Crippen molar-refractivity contribution in [1.82, 2.24) is 5.32 Å². The number of carboxylic acid groups (broad SMARTS) is 1. The van der Waals surface area contributed by atoms with Gasteiger partial charge in [0, 0.05) is 12.5 Å². The van der Waals surface area contributed by atoms with Crippen LogP contribution in [-0.4, -0.2) is 23.0 Å². The highest BCUT2D eigenvalue weighted by molar-refractivity contribution is 5.80. The molecule has 0 radical (unpaired) electrons. The second-order valence-electron chi connectivity index (χ2n) is 2.62. The first kappa shape index (κ1) is 14.5. The van der Waals surface area contributed by atoms with Gasteiger partial charge in [-0.1, -0.05) is 13.8 Å².